The summed E-state index contributed by atoms with van der Waals surface area (Å²) in [5.74, 6) is 0. The van der Waals surface area contributed by atoms with Crippen molar-refractivity contribution < 1.29 is 4.39 Å². The number of nitrogens with one attached hydrogen (secondary N) is 2. The zero-order valence-corrected chi connectivity index (χ0v) is 8.30. The van der Waals surface area contributed by atoms with Crippen LogP contribution in [-0.2, 0) is 6.67 Å². The van der Waals surface area contributed by atoms with Gasteiger partial charge in [-0.25, -0.2) is 4.39 Å². The molecule has 1 aliphatic heterocycles. The van der Waals surface area contributed by atoms with Crippen molar-refractivity contribution in [1.82, 2.24) is 10.6 Å². The predicted molar refractivity (Wildman–Crippen MR) is 57.0 cm³/mol. The van der Waals surface area contributed by atoms with E-state index in [1.165, 1.54) is 0 Å². The molecule has 0 atom stereocenters. The molecule has 0 aromatic heterocycles. The van der Waals surface area contributed by atoms with Crippen LogP contribution in [0.2, 0.25) is 0 Å². The van der Waals surface area contributed by atoms with Gasteiger partial charge in [-0.05, 0) is 5.56 Å². The quantitative estimate of drug-likeness (QED) is 0.708. The van der Waals surface area contributed by atoms with Crippen LogP contribution in [0.15, 0.2) is 30.3 Å². The normalized spacial score (nSPS) is 15.5. The van der Waals surface area contributed by atoms with Crippen LogP contribution in [0.5, 0.6) is 0 Å². The van der Waals surface area contributed by atoms with E-state index in [1.807, 2.05) is 18.2 Å². The average Bonchev–Trinajstić information content (AvgIpc) is 2.33. The first-order valence-electron chi connectivity index (χ1n) is 4.95. The highest BCUT2D eigenvalue weighted by molar-refractivity contribution is 5.13. The van der Waals surface area contributed by atoms with Gasteiger partial charge >= 0.3 is 0 Å². The average molecular weight is 196 g/mol. The van der Waals surface area contributed by atoms with E-state index in [0.29, 0.717) is 0 Å². The van der Waals surface area contributed by atoms with Crippen LogP contribution in [0.1, 0.15) is 5.56 Å². The molecule has 14 heavy (non-hydrogen) atoms. The van der Waals surface area contributed by atoms with Crippen LogP contribution in [-0.4, -0.2) is 26.2 Å². The summed E-state index contributed by atoms with van der Waals surface area (Å²) in [6.07, 6.45) is 0. The van der Waals surface area contributed by atoms with E-state index < -0.39 is 0 Å². The fraction of sp³-hybridized carbons (Fsp3) is 0.455. The molecule has 1 aromatic rings. The van der Waals surface area contributed by atoms with E-state index in [4.69, 9.17) is 0 Å². The Bertz CT molecular complexity index is 210. The number of rotatable bonds is 1. The molecule has 2 N–H and O–H groups in total. The molecule has 0 bridgehead atoms. The summed E-state index contributed by atoms with van der Waals surface area (Å²) in [5, 5.41) is 6.44. The Morgan fingerprint density at radius 3 is 1.71 bits per heavy atom. The molecule has 1 aromatic carbocycles. The molecular formula is C11H17FN2. The molecule has 0 unspecified atom stereocenters. The largest absolute Gasteiger partial charge is 0.314 e. The minimum absolute atomic E-state index is 0.360. The van der Waals surface area contributed by atoms with E-state index in [9.17, 15) is 4.39 Å². The molecule has 2 rings (SSSR count). The molecule has 0 amide bonds. The molecule has 1 aliphatic rings. The maximum atomic E-state index is 11.7. The summed E-state index contributed by atoms with van der Waals surface area (Å²) in [4.78, 5) is 0. The van der Waals surface area contributed by atoms with Crippen LogP contribution in [0.4, 0.5) is 4.39 Å². The SMILES string of the molecule is C1CNCCN1.FCc1ccccc1. The van der Waals surface area contributed by atoms with Crippen molar-refractivity contribution in [2.75, 3.05) is 26.2 Å². The summed E-state index contributed by atoms with van der Waals surface area (Å²) < 4.78 is 11.7. The molecule has 3 heteroatoms. The maximum Gasteiger partial charge on any atom is 0.115 e. The zero-order chi connectivity index (χ0) is 10.1. The van der Waals surface area contributed by atoms with Crippen molar-refractivity contribution in [3.05, 3.63) is 35.9 Å². The lowest BCUT2D eigenvalue weighted by atomic mass is 10.2. The fourth-order valence-electron chi connectivity index (χ4n) is 1.17. The second-order valence-corrected chi connectivity index (χ2v) is 3.12. The van der Waals surface area contributed by atoms with Crippen molar-refractivity contribution in [1.29, 1.82) is 0 Å². The van der Waals surface area contributed by atoms with Gasteiger partial charge in [0.2, 0.25) is 0 Å². The predicted octanol–water partition coefficient (Wildman–Crippen LogP) is 1.34. The molecular weight excluding hydrogens is 179 g/mol. The van der Waals surface area contributed by atoms with Gasteiger partial charge in [0, 0.05) is 26.2 Å². The van der Waals surface area contributed by atoms with E-state index in [2.05, 4.69) is 10.6 Å². The number of piperazine rings is 1. The van der Waals surface area contributed by atoms with Crippen LogP contribution < -0.4 is 10.6 Å². The Hall–Kier alpha value is -0.930. The minimum atomic E-state index is -0.360. The van der Waals surface area contributed by atoms with Crippen molar-refractivity contribution in [2.45, 2.75) is 6.67 Å². The van der Waals surface area contributed by atoms with Crippen molar-refractivity contribution >= 4 is 0 Å². The Labute approximate surface area is 84.5 Å². The zero-order valence-electron chi connectivity index (χ0n) is 8.30. The van der Waals surface area contributed by atoms with E-state index in [-0.39, 0.29) is 6.67 Å². The third kappa shape index (κ3) is 4.94. The van der Waals surface area contributed by atoms with Gasteiger partial charge in [-0.2, -0.15) is 0 Å². The van der Waals surface area contributed by atoms with Crippen LogP contribution in [0.25, 0.3) is 0 Å². The Balaban J connectivity index is 0.000000146. The van der Waals surface area contributed by atoms with Crippen LogP contribution in [0, 0.1) is 0 Å². The fourth-order valence-corrected chi connectivity index (χ4v) is 1.17. The first-order chi connectivity index (χ1) is 6.93. The number of hydrogen-bond acceptors (Lipinski definition) is 2. The lowest BCUT2D eigenvalue weighted by Crippen LogP contribution is -2.39. The highest BCUT2D eigenvalue weighted by atomic mass is 19.1. The molecule has 2 nitrogen and oxygen atoms in total. The van der Waals surface area contributed by atoms with Gasteiger partial charge in [0.15, 0.2) is 0 Å². The van der Waals surface area contributed by atoms with Crippen molar-refractivity contribution in [3.8, 4) is 0 Å². The first-order valence-corrected chi connectivity index (χ1v) is 4.95. The minimum Gasteiger partial charge on any atom is -0.314 e. The topological polar surface area (TPSA) is 24.1 Å². The van der Waals surface area contributed by atoms with Gasteiger partial charge in [-0.15, -0.1) is 0 Å². The third-order valence-corrected chi connectivity index (χ3v) is 1.95. The highest BCUT2D eigenvalue weighted by Crippen LogP contribution is 1.98. The van der Waals surface area contributed by atoms with Crippen molar-refractivity contribution in [2.24, 2.45) is 0 Å². The highest BCUT2D eigenvalue weighted by Gasteiger charge is 1.91. The number of benzene rings is 1. The number of hydrogen-bond donors (Lipinski definition) is 2. The van der Waals surface area contributed by atoms with E-state index in [0.717, 1.165) is 31.7 Å². The lowest BCUT2D eigenvalue weighted by Gasteiger charge is -2.11. The monoisotopic (exact) mass is 196 g/mol. The Morgan fingerprint density at radius 2 is 1.43 bits per heavy atom. The van der Waals surface area contributed by atoms with Gasteiger partial charge in [0.05, 0.1) is 0 Å². The Kier molecular flexibility index (Phi) is 5.95. The van der Waals surface area contributed by atoms with Crippen LogP contribution in [0.3, 0.4) is 0 Å². The molecule has 0 spiro atoms. The summed E-state index contributed by atoms with van der Waals surface area (Å²) >= 11 is 0. The van der Waals surface area contributed by atoms with Gasteiger partial charge in [-0.3, -0.25) is 0 Å². The molecule has 78 valence electrons. The molecule has 1 saturated heterocycles. The molecule has 1 heterocycles. The summed E-state index contributed by atoms with van der Waals surface area (Å²) in [6.45, 7) is 4.20. The maximum absolute atomic E-state index is 11.7. The van der Waals surface area contributed by atoms with Gasteiger partial charge in [-0.1, -0.05) is 30.3 Å². The summed E-state index contributed by atoms with van der Waals surface area (Å²) in [7, 11) is 0. The third-order valence-electron chi connectivity index (χ3n) is 1.95. The molecule has 0 radical (unpaired) electrons. The van der Waals surface area contributed by atoms with E-state index >= 15 is 0 Å². The second kappa shape index (κ2) is 7.47. The Morgan fingerprint density at radius 1 is 0.929 bits per heavy atom. The van der Waals surface area contributed by atoms with E-state index in [1.54, 1.807) is 12.1 Å². The number of alkyl halides is 1. The van der Waals surface area contributed by atoms with Gasteiger partial charge < -0.3 is 10.6 Å². The van der Waals surface area contributed by atoms with Crippen molar-refractivity contribution in [3.63, 3.8) is 0 Å². The summed E-state index contributed by atoms with van der Waals surface area (Å²) in [6, 6.07) is 9.06. The molecule has 0 saturated carbocycles. The smallest absolute Gasteiger partial charge is 0.115 e. The van der Waals surface area contributed by atoms with Crippen LogP contribution >= 0.6 is 0 Å². The molecule has 0 aliphatic carbocycles. The van der Waals surface area contributed by atoms with Gasteiger partial charge in [0.1, 0.15) is 6.67 Å². The number of halogens is 1. The molecule has 1 fully saturated rings. The lowest BCUT2D eigenvalue weighted by molar-refractivity contribution is 0.485. The summed E-state index contributed by atoms with van der Waals surface area (Å²) in [5.41, 5.74) is 0.743. The first kappa shape index (κ1) is 11.1. The second-order valence-electron chi connectivity index (χ2n) is 3.12. The standard InChI is InChI=1S/C7H7F.C4H10N2/c8-6-7-4-2-1-3-5-7;1-2-6-4-3-5-1/h1-5H,6H2;5-6H,1-4H2. The van der Waals surface area contributed by atoms with Gasteiger partial charge in [0.25, 0.3) is 0 Å².